The minimum absolute atomic E-state index is 0.0373. The molecular formula is C20H17N3O2S. The third-order valence-electron chi connectivity index (χ3n) is 4.15. The lowest BCUT2D eigenvalue weighted by Crippen LogP contribution is -2.13. The highest BCUT2D eigenvalue weighted by atomic mass is 32.2. The van der Waals surface area contributed by atoms with E-state index in [1.54, 1.807) is 6.20 Å². The number of H-pyrrole nitrogens is 1. The first-order chi connectivity index (χ1) is 12.7. The summed E-state index contributed by atoms with van der Waals surface area (Å²) in [4.78, 5) is 15.9. The Bertz CT molecular complexity index is 1040. The van der Waals surface area contributed by atoms with Gasteiger partial charge in [-0.2, -0.15) is 0 Å². The molecule has 0 unspecified atom stereocenters. The van der Waals surface area contributed by atoms with Crippen LogP contribution in [-0.4, -0.2) is 26.2 Å². The normalized spacial score (nSPS) is 12.3. The number of carbonyl (C=O) groups is 1. The average molecular weight is 363 g/mol. The molecule has 5 nitrogen and oxygen atoms in total. The van der Waals surface area contributed by atoms with Crippen molar-refractivity contribution in [1.29, 1.82) is 0 Å². The van der Waals surface area contributed by atoms with Crippen molar-refractivity contribution < 1.29 is 9.21 Å². The number of nitrogens with zero attached hydrogens (tertiary/aromatic N) is 2. The molecule has 1 N–H and O–H groups in total. The molecule has 0 amide bonds. The van der Waals surface area contributed by atoms with Gasteiger partial charge in [0.1, 0.15) is 0 Å². The molecule has 0 spiro atoms. The maximum Gasteiger partial charge on any atom is 0.277 e. The number of nitrogens with one attached hydrogen (secondary N) is 1. The Hall–Kier alpha value is -2.86. The number of carbonyl (C=O) groups excluding carboxylic acids is 1. The Balaban J connectivity index is 1.46. The monoisotopic (exact) mass is 363 g/mol. The molecule has 4 aromatic rings. The smallest absolute Gasteiger partial charge is 0.277 e. The molecule has 0 aliphatic heterocycles. The SMILES string of the molecule is C[C@H](Sc1nnc(Cc2ccccc2)o1)C(=O)c1c[nH]c2ccccc12. The summed E-state index contributed by atoms with van der Waals surface area (Å²) in [7, 11) is 0. The number of hydrogen-bond donors (Lipinski definition) is 1. The van der Waals surface area contributed by atoms with E-state index < -0.39 is 0 Å². The van der Waals surface area contributed by atoms with Crippen LogP contribution in [0.4, 0.5) is 0 Å². The molecule has 0 bridgehead atoms. The van der Waals surface area contributed by atoms with Gasteiger partial charge >= 0.3 is 0 Å². The van der Waals surface area contributed by atoms with Gasteiger partial charge in [-0.3, -0.25) is 4.79 Å². The number of aromatic nitrogens is 3. The van der Waals surface area contributed by atoms with Crippen LogP contribution in [0.1, 0.15) is 28.7 Å². The van der Waals surface area contributed by atoms with Gasteiger partial charge in [0.25, 0.3) is 5.22 Å². The van der Waals surface area contributed by atoms with Crippen molar-refractivity contribution in [2.75, 3.05) is 0 Å². The molecule has 2 aromatic carbocycles. The predicted octanol–water partition coefficient (Wildman–Crippen LogP) is 4.51. The van der Waals surface area contributed by atoms with Crippen molar-refractivity contribution in [3.63, 3.8) is 0 Å². The maximum absolute atomic E-state index is 12.8. The van der Waals surface area contributed by atoms with Crippen molar-refractivity contribution in [2.24, 2.45) is 0 Å². The van der Waals surface area contributed by atoms with Crippen LogP contribution >= 0.6 is 11.8 Å². The van der Waals surface area contributed by atoms with Gasteiger partial charge in [0, 0.05) is 22.7 Å². The summed E-state index contributed by atoms with van der Waals surface area (Å²) in [6, 6.07) is 17.7. The lowest BCUT2D eigenvalue weighted by Gasteiger charge is -2.06. The van der Waals surface area contributed by atoms with E-state index in [-0.39, 0.29) is 11.0 Å². The number of ketones is 1. The Labute approximate surface area is 154 Å². The van der Waals surface area contributed by atoms with E-state index in [1.807, 2.05) is 61.5 Å². The Morgan fingerprint density at radius 2 is 1.88 bits per heavy atom. The summed E-state index contributed by atoms with van der Waals surface area (Å²) in [5, 5.41) is 9.17. The van der Waals surface area contributed by atoms with Gasteiger partial charge in [0.05, 0.1) is 11.7 Å². The minimum atomic E-state index is -0.320. The van der Waals surface area contributed by atoms with E-state index in [0.29, 0.717) is 23.1 Å². The molecule has 1 atom stereocenters. The van der Waals surface area contributed by atoms with Crippen molar-refractivity contribution >= 4 is 28.4 Å². The molecule has 0 saturated heterocycles. The molecule has 0 aliphatic carbocycles. The Kier molecular flexibility index (Phi) is 4.58. The second kappa shape index (κ2) is 7.17. The molecule has 26 heavy (non-hydrogen) atoms. The van der Waals surface area contributed by atoms with E-state index in [0.717, 1.165) is 16.5 Å². The number of Topliss-reactive ketones (excluding diaryl/α,β-unsaturated/α-hetero) is 1. The summed E-state index contributed by atoms with van der Waals surface area (Å²) < 4.78 is 5.69. The molecule has 2 heterocycles. The lowest BCUT2D eigenvalue weighted by atomic mass is 10.1. The fourth-order valence-electron chi connectivity index (χ4n) is 2.83. The minimum Gasteiger partial charge on any atom is -0.416 e. The number of para-hydroxylation sites is 1. The van der Waals surface area contributed by atoms with Gasteiger partial charge in [-0.05, 0) is 18.6 Å². The van der Waals surface area contributed by atoms with Gasteiger partial charge in [-0.15, -0.1) is 10.2 Å². The number of benzene rings is 2. The largest absolute Gasteiger partial charge is 0.416 e. The highest BCUT2D eigenvalue weighted by Crippen LogP contribution is 2.27. The van der Waals surface area contributed by atoms with E-state index >= 15 is 0 Å². The summed E-state index contributed by atoms with van der Waals surface area (Å²) >= 11 is 1.29. The molecule has 6 heteroatoms. The van der Waals surface area contributed by atoms with Crippen LogP contribution in [0.15, 0.2) is 70.4 Å². The Morgan fingerprint density at radius 1 is 1.12 bits per heavy atom. The molecule has 2 aromatic heterocycles. The van der Waals surface area contributed by atoms with Gasteiger partial charge < -0.3 is 9.40 Å². The van der Waals surface area contributed by atoms with Crippen molar-refractivity contribution in [2.45, 2.75) is 23.8 Å². The number of aromatic amines is 1. The summed E-state index contributed by atoms with van der Waals surface area (Å²) in [6.45, 7) is 1.86. The second-order valence-corrected chi connectivity index (χ2v) is 7.29. The molecule has 0 saturated carbocycles. The first-order valence-corrected chi connectivity index (χ1v) is 9.22. The van der Waals surface area contributed by atoms with Crippen molar-refractivity contribution in [3.05, 3.63) is 77.8 Å². The van der Waals surface area contributed by atoms with E-state index in [9.17, 15) is 4.79 Å². The van der Waals surface area contributed by atoms with Crippen molar-refractivity contribution in [1.82, 2.24) is 15.2 Å². The van der Waals surface area contributed by atoms with Crippen molar-refractivity contribution in [3.8, 4) is 0 Å². The fourth-order valence-corrected chi connectivity index (χ4v) is 3.60. The quantitative estimate of drug-likeness (QED) is 0.403. The molecule has 4 rings (SSSR count). The van der Waals surface area contributed by atoms with Crippen LogP contribution in [-0.2, 0) is 6.42 Å². The van der Waals surface area contributed by atoms with E-state index in [4.69, 9.17) is 4.42 Å². The third-order valence-corrected chi connectivity index (χ3v) is 5.08. The molecule has 0 fully saturated rings. The number of thioether (sulfide) groups is 1. The molecule has 130 valence electrons. The first kappa shape index (κ1) is 16.6. The first-order valence-electron chi connectivity index (χ1n) is 8.34. The van der Waals surface area contributed by atoms with Crippen LogP contribution in [0.5, 0.6) is 0 Å². The topological polar surface area (TPSA) is 71.8 Å². The summed E-state index contributed by atoms with van der Waals surface area (Å²) in [6.07, 6.45) is 2.35. The lowest BCUT2D eigenvalue weighted by molar-refractivity contribution is 0.0995. The zero-order valence-corrected chi connectivity index (χ0v) is 15.0. The predicted molar refractivity (Wildman–Crippen MR) is 101 cm³/mol. The third kappa shape index (κ3) is 3.41. The molecular weight excluding hydrogens is 346 g/mol. The standard InChI is InChI=1S/C20H17N3O2S/c1-13(19(24)16-12-21-17-10-6-5-9-15(16)17)26-20-23-22-18(25-20)11-14-7-3-2-4-8-14/h2-10,12-13,21H,11H2,1H3/t13-/m0/s1. The van der Waals surface area contributed by atoms with E-state index in [1.165, 1.54) is 11.8 Å². The summed E-state index contributed by atoms with van der Waals surface area (Å²) in [5.41, 5.74) is 2.75. The van der Waals surface area contributed by atoms with Gasteiger partial charge in [0.15, 0.2) is 5.78 Å². The van der Waals surface area contributed by atoms with E-state index in [2.05, 4.69) is 15.2 Å². The molecule has 0 aliphatic rings. The highest BCUT2D eigenvalue weighted by Gasteiger charge is 2.22. The summed E-state index contributed by atoms with van der Waals surface area (Å²) in [5.74, 6) is 0.584. The molecule has 0 radical (unpaired) electrons. The average Bonchev–Trinajstić information content (AvgIpc) is 3.29. The number of fused-ring (bicyclic) bond motifs is 1. The zero-order valence-electron chi connectivity index (χ0n) is 14.2. The van der Waals surface area contributed by atoms with Gasteiger partial charge in [0.2, 0.25) is 5.89 Å². The van der Waals surface area contributed by atoms with Crippen LogP contribution in [0.3, 0.4) is 0 Å². The van der Waals surface area contributed by atoms with Crippen LogP contribution < -0.4 is 0 Å². The van der Waals surface area contributed by atoms with Gasteiger partial charge in [-0.25, -0.2) is 0 Å². The fraction of sp³-hybridized carbons (Fsp3) is 0.150. The second-order valence-electron chi connectivity index (χ2n) is 6.00. The highest BCUT2D eigenvalue weighted by molar-refractivity contribution is 8.00. The number of rotatable bonds is 6. The number of hydrogen-bond acceptors (Lipinski definition) is 5. The van der Waals surface area contributed by atoms with Crippen LogP contribution in [0, 0.1) is 0 Å². The Morgan fingerprint density at radius 3 is 2.73 bits per heavy atom. The van der Waals surface area contributed by atoms with Crippen LogP contribution in [0.2, 0.25) is 0 Å². The van der Waals surface area contributed by atoms with Crippen LogP contribution in [0.25, 0.3) is 10.9 Å². The van der Waals surface area contributed by atoms with Gasteiger partial charge in [-0.1, -0.05) is 60.3 Å². The zero-order chi connectivity index (χ0) is 17.9. The maximum atomic E-state index is 12.8.